The number of carbonyl (C=O) groups is 3. The van der Waals surface area contributed by atoms with Gasteiger partial charge in [-0.25, -0.2) is 4.79 Å². The summed E-state index contributed by atoms with van der Waals surface area (Å²) in [5.41, 5.74) is -0.561. The van der Waals surface area contributed by atoms with E-state index in [1.807, 2.05) is 44.2 Å². The van der Waals surface area contributed by atoms with Crippen molar-refractivity contribution in [2.24, 2.45) is 10.8 Å². The molecule has 0 aromatic heterocycles. The van der Waals surface area contributed by atoms with E-state index in [-0.39, 0.29) is 12.6 Å². The van der Waals surface area contributed by atoms with Gasteiger partial charge in [-0.15, -0.1) is 0 Å². The van der Waals surface area contributed by atoms with E-state index in [1.165, 1.54) is 0 Å². The molecule has 0 amide bonds. The van der Waals surface area contributed by atoms with Crippen LogP contribution in [0.15, 0.2) is 30.3 Å². The number of benzene rings is 1. The van der Waals surface area contributed by atoms with Gasteiger partial charge in [0.25, 0.3) is 0 Å². The Morgan fingerprint density at radius 2 is 1.37 bits per heavy atom. The van der Waals surface area contributed by atoms with E-state index in [1.54, 1.807) is 13.8 Å². The van der Waals surface area contributed by atoms with Crippen molar-refractivity contribution >= 4 is 17.9 Å². The molecule has 11 nitrogen and oxygen atoms in total. The van der Waals surface area contributed by atoms with Crippen LogP contribution in [0.1, 0.15) is 71.8 Å². The number of ether oxygens (including phenoxy) is 5. The molecule has 0 saturated carbocycles. The molecule has 1 heterocycles. The molecule has 1 aliphatic heterocycles. The fourth-order valence-corrected chi connectivity index (χ4v) is 4.29. The summed E-state index contributed by atoms with van der Waals surface area (Å²) >= 11 is 0. The van der Waals surface area contributed by atoms with E-state index in [4.69, 9.17) is 18.9 Å². The van der Waals surface area contributed by atoms with Gasteiger partial charge < -0.3 is 39.0 Å². The number of rotatable bonds is 16. The van der Waals surface area contributed by atoms with Crippen LogP contribution in [-0.4, -0.2) is 84.3 Å². The highest BCUT2D eigenvalue weighted by Gasteiger charge is 2.49. The van der Waals surface area contributed by atoms with Gasteiger partial charge in [0.2, 0.25) is 6.29 Å². The largest absolute Gasteiger partial charge is 0.467 e. The number of aliphatic hydroxyl groups is 3. The van der Waals surface area contributed by atoms with Gasteiger partial charge in [0, 0.05) is 13.2 Å². The summed E-state index contributed by atoms with van der Waals surface area (Å²) in [6, 6.07) is 9.58. The summed E-state index contributed by atoms with van der Waals surface area (Å²) in [5, 5.41) is 30.2. The van der Waals surface area contributed by atoms with Crippen molar-refractivity contribution < 1.29 is 53.4 Å². The van der Waals surface area contributed by atoms with Gasteiger partial charge in [-0.2, -0.15) is 0 Å². The number of methoxy groups -OCH3 is 1. The summed E-state index contributed by atoms with van der Waals surface area (Å²) in [7, 11) is 1.08. The van der Waals surface area contributed by atoms with Crippen LogP contribution >= 0.6 is 0 Å². The molecule has 0 bridgehead atoms. The van der Waals surface area contributed by atoms with Crippen LogP contribution in [0.4, 0.5) is 0 Å². The second-order valence-corrected chi connectivity index (χ2v) is 11.7. The third-order valence-corrected chi connectivity index (χ3v) is 7.23. The number of esters is 3. The lowest BCUT2D eigenvalue weighted by atomic mass is 9.87. The van der Waals surface area contributed by atoms with Crippen molar-refractivity contribution in [1.29, 1.82) is 0 Å². The second-order valence-electron chi connectivity index (χ2n) is 11.7. The first kappa shape index (κ1) is 34.6. The molecule has 1 aliphatic rings. The highest BCUT2D eigenvalue weighted by Crippen LogP contribution is 2.30. The molecule has 0 unspecified atom stereocenters. The van der Waals surface area contributed by atoms with Gasteiger partial charge >= 0.3 is 17.9 Å². The van der Waals surface area contributed by atoms with Gasteiger partial charge in [-0.05, 0) is 58.9 Å². The zero-order chi connectivity index (χ0) is 30.6. The number of unbranched alkanes of at least 4 members (excludes halogenated alkanes) is 2. The summed E-state index contributed by atoms with van der Waals surface area (Å²) < 4.78 is 26.2. The van der Waals surface area contributed by atoms with Crippen LogP contribution in [0.25, 0.3) is 0 Å². The summed E-state index contributed by atoms with van der Waals surface area (Å²) in [4.78, 5) is 37.0. The molecular formula is C30H46O11. The van der Waals surface area contributed by atoms with Gasteiger partial charge in [-0.3, -0.25) is 9.59 Å². The fraction of sp³-hybridized carbons (Fsp3) is 0.700. The first-order valence-corrected chi connectivity index (χ1v) is 14.1. The topological polar surface area (TPSA) is 158 Å². The van der Waals surface area contributed by atoms with Crippen LogP contribution < -0.4 is 0 Å². The average Bonchev–Trinajstić information content (AvgIpc) is 2.95. The highest BCUT2D eigenvalue weighted by atomic mass is 16.7. The number of aliphatic hydroxyl groups excluding tert-OH is 3. The lowest BCUT2D eigenvalue weighted by Gasteiger charge is -2.39. The fourth-order valence-electron chi connectivity index (χ4n) is 4.29. The smallest absolute Gasteiger partial charge is 0.337 e. The predicted octanol–water partition coefficient (Wildman–Crippen LogP) is 2.66. The molecule has 232 valence electrons. The van der Waals surface area contributed by atoms with Gasteiger partial charge in [0.1, 0.15) is 24.9 Å². The molecule has 0 spiro atoms. The quantitative estimate of drug-likeness (QED) is 0.149. The molecule has 11 heteroatoms. The summed E-state index contributed by atoms with van der Waals surface area (Å²) in [6.07, 6.45) is -4.29. The monoisotopic (exact) mass is 582 g/mol. The summed E-state index contributed by atoms with van der Waals surface area (Å²) in [5.74, 6) is -1.86. The van der Waals surface area contributed by atoms with Crippen LogP contribution in [-0.2, 0) is 44.7 Å². The van der Waals surface area contributed by atoms with Crippen molar-refractivity contribution in [3.63, 3.8) is 0 Å². The Morgan fingerprint density at radius 3 is 1.93 bits per heavy atom. The zero-order valence-electron chi connectivity index (χ0n) is 24.7. The van der Waals surface area contributed by atoms with E-state index in [2.05, 4.69) is 4.74 Å². The minimum atomic E-state index is -1.76. The van der Waals surface area contributed by atoms with Crippen molar-refractivity contribution in [2.45, 2.75) is 104 Å². The third kappa shape index (κ3) is 10.6. The Bertz CT molecular complexity index is 962. The molecule has 3 N–H and O–H groups in total. The van der Waals surface area contributed by atoms with E-state index >= 15 is 0 Å². The van der Waals surface area contributed by atoms with Crippen molar-refractivity contribution in [1.82, 2.24) is 0 Å². The highest BCUT2D eigenvalue weighted by molar-refractivity contribution is 5.77. The molecule has 0 radical (unpaired) electrons. The molecule has 1 aromatic carbocycles. The van der Waals surface area contributed by atoms with Gasteiger partial charge in [-0.1, -0.05) is 43.2 Å². The minimum Gasteiger partial charge on any atom is -0.467 e. The molecule has 5 atom stereocenters. The molecule has 1 fully saturated rings. The van der Waals surface area contributed by atoms with Crippen LogP contribution in [0.5, 0.6) is 0 Å². The van der Waals surface area contributed by atoms with Gasteiger partial charge in [0.05, 0.1) is 17.9 Å². The Kier molecular flexibility index (Phi) is 13.7. The van der Waals surface area contributed by atoms with Crippen LogP contribution in [0.3, 0.4) is 0 Å². The Balaban J connectivity index is 1.62. The summed E-state index contributed by atoms with van der Waals surface area (Å²) in [6.45, 7) is 8.48. The number of hydrogen-bond acceptors (Lipinski definition) is 11. The Hall–Kier alpha value is -2.57. The second kappa shape index (κ2) is 16.2. The normalized spacial score (nSPS) is 23.1. The van der Waals surface area contributed by atoms with Crippen LogP contribution in [0, 0.1) is 10.8 Å². The number of hydrogen-bond donors (Lipinski definition) is 3. The van der Waals surface area contributed by atoms with E-state index in [9.17, 15) is 29.7 Å². The van der Waals surface area contributed by atoms with Crippen molar-refractivity contribution in [3.8, 4) is 0 Å². The minimum absolute atomic E-state index is 0.218. The maximum Gasteiger partial charge on any atom is 0.337 e. The molecule has 0 aliphatic carbocycles. The molecule has 41 heavy (non-hydrogen) atoms. The van der Waals surface area contributed by atoms with E-state index in [0.717, 1.165) is 25.5 Å². The van der Waals surface area contributed by atoms with E-state index in [0.29, 0.717) is 38.9 Å². The SMILES string of the molecule is COC(=O)[C@H]1O[C@@H](OC(=O)C(C)(C)CCCCOCCCCC(C)(C)C(=O)OCc2ccccc2)[C@H](O)[C@@H](O)[C@@H]1O. The lowest BCUT2D eigenvalue weighted by molar-refractivity contribution is -0.289. The van der Waals surface area contributed by atoms with Crippen molar-refractivity contribution in [3.05, 3.63) is 35.9 Å². The standard InChI is InChI=1S/C30H46O11/c1-29(2,27(35)39-19-20-13-7-6-8-14-20)15-9-11-17-38-18-12-10-16-30(3,4)28(36)41-26-23(33)21(31)22(32)24(40-26)25(34)37-5/h6-8,13-14,21-24,26,31-33H,9-12,15-19H2,1-5H3/t21-,22-,23+,24-,26-/m0/s1. The molecule has 2 rings (SSSR count). The lowest BCUT2D eigenvalue weighted by Crippen LogP contribution is -2.61. The maximum absolute atomic E-state index is 12.8. The Morgan fingerprint density at radius 1 is 0.805 bits per heavy atom. The average molecular weight is 583 g/mol. The van der Waals surface area contributed by atoms with E-state index < -0.39 is 53.5 Å². The Labute approximate surface area is 242 Å². The number of carbonyl (C=O) groups excluding carboxylic acids is 3. The predicted molar refractivity (Wildman–Crippen MR) is 147 cm³/mol. The first-order valence-electron chi connectivity index (χ1n) is 14.1. The molecule has 1 aromatic rings. The first-order chi connectivity index (χ1) is 19.3. The van der Waals surface area contributed by atoms with Crippen molar-refractivity contribution in [2.75, 3.05) is 20.3 Å². The zero-order valence-corrected chi connectivity index (χ0v) is 24.7. The molecule has 1 saturated heterocycles. The third-order valence-electron chi connectivity index (χ3n) is 7.23. The maximum atomic E-state index is 12.8. The van der Waals surface area contributed by atoms with Crippen LogP contribution in [0.2, 0.25) is 0 Å². The van der Waals surface area contributed by atoms with Gasteiger partial charge in [0.15, 0.2) is 6.10 Å². The molecular weight excluding hydrogens is 536 g/mol.